The van der Waals surface area contributed by atoms with Crippen molar-refractivity contribution in [1.29, 1.82) is 0 Å². The molecule has 34 heavy (non-hydrogen) atoms. The fraction of sp³-hybridized carbons (Fsp3) is 0.560. The molecule has 0 radical (unpaired) electrons. The predicted molar refractivity (Wildman–Crippen MR) is 130 cm³/mol. The highest BCUT2D eigenvalue weighted by Crippen LogP contribution is 2.32. The zero-order valence-electron chi connectivity index (χ0n) is 20.7. The molecule has 0 aliphatic carbocycles. The van der Waals surface area contributed by atoms with Gasteiger partial charge in [-0.25, -0.2) is 14.4 Å². The number of likely N-dealkylation sites (N-methyl/N-ethyl adjacent to an activating group) is 1. The first-order valence-corrected chi connectivity index (χ1v) is 12.2. The van der Waals surface area contributed by atoms with E-state index in [1.165, 1.54) is 0 Å². The molecular formula is C25H37N5O4. The second-order valence-corrected chi connectivity index (χ2v) is 8.63. The van der Waals surface area contributed by atoms with Gasteiger partial charge >= 0.3 is 18.0 Å². The van der Waals surface area contributed by atoms with Gasteiger partial charge in [-0.15, -0.1) is 0 Å². The average molecular weight is 472 g/mol. The lowest BCUT2D eigenvalue weighted by atomic mass is 9.94. The van der Waals surface area contributed by atoms with Gasteiger partial charge in [0.05, 0.1) is 18.2 Å². The summed E-state index contributed by atoms with van der Waals surface area (Å²) in [5.41, 5.74) is 1.96. The number of benzene rings is 1. The van der Waals surface area contributed by atoms with Crippen molar-refractivity contribution in [2.24, 2.45) is 0 Å². The van der Waals surface area contributed by atoms with Crippen molar-refractivity contribution in [3.05, 3.63) is 47.2 Å². The largest absolute Gasteiger partial charge is 0.463 e. The van der Waals surface area contributed by atoms with Crippen molar-refractivity contribution in [1.82, 2.24) is 25.3 Å². The minimum absolute atomic E-state index is 0.00895. The highest BCUT2D eigenvalue weighted by Gasteiger charge is 2.39. The standard InChI is InChI=1S/C25H37N5O4/c1-5-13-26-24(32)30-15-14-28(16-18(30)4)17-20-21(23(31)34-7-3)22(19-11-9-8-10-12-19)27-25(33)29(20)6-2/h8-12,18,22H,5-7,13-17H2,1-4H3,(H,26,32)(H,27,33). The van der Waals surface area contributed by atoms with Gasteiger partial charge < -0.3 is 20.3 Å². The van der Waals surface area contributed by atoms with Crippen LogP contribution in [-0.4, -0.2) is 84.6 Å². The highest BCUT2D eigenvalue weighted by molar-refractivity contribution is 5.95. The second-order valence-electron chi connectivity index (χ2n) is 8.63. The third-order valence-electron chi connectivity index (χ3n) is 6.25. The Morgan fingerprint density at radius 3 is 2.50 bits per heavy atom. The van der Waals surface area contributed by atoms with E-state index in [1.54, 1.807) is 11.8 Å². The molecule has 2 atom stereocenters. The van der Waals surface area contributed by atoms with Gasteiger partial charge in [-0.1, -0.05) is 37.3 Å². The molecule has 2 heterocycles. The Hall–Kier alpha value is -3.07. The maximum Gasteiger partial charge on any atom is 0.338 e. The molecule has 9 nitrogen and oxygen atoms in total. The van der Waals surface area contributed by atoms with E-state index in [4.69, 9.17) is 4.74 Å². The van der Waals surface area contributed by atoms with Crippen LogP contribution in [0, 0.1) is 0 Å². The average Bonchev–Trinajstić information content (AvgIpc) is 2.83. The molecule has 2 N–H and O–H groups in total. The molecule has 0 bridgehead atoms. The van der Waals surface area contributed by atoms with Gasteiger partial charge in [-0.2, -0.15) is 0 Å². The fourth-order valence-electron chi connectivity index (χ4n) is 4.58. The van der Waals surface area contributed by atoms with Crippen LogP contribution in [0.5, 0.6) is 0 Å². The summed E-state index contributed by atoms with van der Waals surface area (Å²) in [5.74, 6) is -0.421. The molecule has 3 rings (SSSR count). The van der Waals surface area contributed by atoms with Crippen LogP contribution in [-0.2, 0) is 9.53 Å². The molecule has 9 heteroatoms. The molecule has 1 saturated heterocycles. The molecule has 0 saturated carbocycles. The molecule has 1 fully saturated rings. The zero-order valence-corrected chi connectivity index (χ0v) is 20.7. The van der Waals surface area contributed by atoms with Crippen LogP contribution in [0.4, 0.5) is 9.59 Å². The number of esters is 1. The number of carbonyl (C=O) groups excluding carboxylic acids is 3. The number of amides is 4. The summed E-state index contributed by atoms with van der Waals surface area (Å²) in [6.45, 7) is 11.4. The quantitative estimate of drug-likeness (QED) is 0.569. The third-order valence-corrected chi connectivity index (χ3v) is 6.25. The minimum atomic E-state index is -0.580. The number of ether oxygens (including phenoxy) is 1. The second kappa shape index (κ2) is 11.9. The van der Waals surface area contributed by atoms with E-state index in [0.717, 1.165) is 12.0 Å². The Morgan fingerprint density at radius 1 is 1.15 bits per heavy atom. The molecule has 2 aliphatic rings. The summed E-state index contributed by atoms with van der Waals surface area (Å²) < 4.78 is 5.43. The molecule has 186 valence electrons. The number of hydrogen-bond acceptors (Lipinski definition) is 5. The SMILES string of the molecule is CCCNC(=O)N1CCN(CC2=C(C(=O)OCC)C(c3ccccc3)NC(=O)N2CC)CC1C. The monoisotopic (exact) mass is 471 g/mol. The van der Waals surface area contributed by atoms with E-state index in [0.29, 0.717) is 50.5 Å². The van der Waals surface area contributed by atoms with Crippen LogP contribution in [0.15, 0.2) is 41.6 Å². The van der Waals surface area contributed by atoms with Crippen molar-refractivity contribution in [2.45, 2.75) is 46.2 Å². The smallest absolute Gasteiger partial charge is 0.338 e. The topological polar surface area (TPSA) is 94.2 Å². The normalized spacial score (nSPS) is 21.4. The summed E-state index contributed by atoms with van der Waals surface area (Å²) in [4.78, 5) is 44.4. The van der Waals surface area contributed by atoms with Crippen molar-refractivity contribution < 1.29 is 19.1 Å². The Kier molecular flexibility index (Phi) is 8.92. The first kappa shape index (κ1) is 25.6. The van der Waals surface area contributed by atoms with Crippen LogP contribution in [0.2, 0.25) is 0 Å². The molecule has 2 unspecified atom stereocenters. The lowest BCUT2D eigenvalue weighted by Gasteiger charge is -2.42. The Labute approximate surface area is 202 Å². The fourth-order valence-corrected chi connectivity index (χ4v) is 4.58. The van der Waals surface area contributed by atoms with E-state index in [9.17, 15) is 14.4 Å². The summed E-state index contributed by atoms with van der Waals surface area (Å²) in [7, 11) is 0. The van der Waals surface area contributed by atoms with Gasteiger partial charge in [0, 0.05) is 51.0 Å². The van der Waals surface area contributed by atoms with Crippen LogP contribution >= 0.6 is 0 Å². The van der Waals surface area contributed by atoms with Crippen LogP contribution in [0.25, 0.3) is 0 Å². The molecule has 4 amide bonds. The molecule has 0 aromatic heterocycles. The van der Waals surface area contributed by atoms with Gasteiger partial charge in [0.15, 0.2) is 0 Å². The van der Waals surface area contributed by atoms with Crippen molar-refractivity contribution >= 4 is 18.0 Å². The van der Waals surface area contributed by atoms with Crippen LogP contribution in [0.1, 0.15) is 45.7 Å². The minimum Gasteiger partial charge on any atom is -0.463 e. The Morgan fingerprint density at radius 2 is 1.88 bits per heavy atom. The first-order valence-electron chi connectivity index (χ1n) is 12.2. The van der Waals surface area contributed by atoms with E-state index in [2.05, 4.69) is 15.5 Å². The Balaban J connectivity index is 1.90. The van der Waals surface area contributed by atoms with Gasteiger partial charge in [0.25, 0.3) is 0 Å². The summed E-state index contributed by atoms with van der Waals surface area (Å²) in [6.07, 6.45) is 0.891. The Bertz CT molecular complexity index is 904. The van der Waals surface area contributed by atoms with Gasteiger partial charge in [-0.05, 0) is 32.8 Å². The summed E-state index contributed by atoms with van der Waals surface area (Å²) in [5, 5.41) is 5.94. The van der Waals surface area contributed by atoms with Crippen molar-refractivity contribution in [3.63, 3.8) is 0 Å². The number of piperazine rings is 1. The number of carbonyl (C=O) groups is 3. The van der Waals surface area contributed by atoms with E-state index in [-0.39, 0.29) is 24.7 Å². The van der Waals surface area contributed by atoms with E-state index >= 15 is 0 Å². The van der Waals surface area contributed by atoms with Crippen LogP contribution < -0.4 is 10.6 Å². The van der Waals surface area contributed by atoms with E-state index in [1.807, 2.05) is 56.0 Å². The lowest BCUT2D eigenvalue weighted by Crippen LogP contribution is -2.58. The summed E-state index contributed by atoms with van der Waals surface area (Å²) in [6, 6.07) is 8.64. The van der Waals surface area contributed by atoms with E-state index < -0.39 is 12.0 Å². The number of rotatable bonds is 8. The molecule has 2 aliphatic heterocycles. The third kappa shape index (κ3) is 5.70. The zero-order chi connectivity index (χ0) is 24.7. The maximum atomic E-state index is 13.2. The number of nitrogens with zero attached hydrogens (tertiary/aromatic N) is 3. The number of nitrogens with one attached hydrogen (secondary N) is 2. The molecule has 1 aromatic carbocycles. The predicted octanol–water partition coefficient (Wildman–Crippen LogP) is 2.72. The van der Waals surface area contributed by atoms with Gasteiger partial charge in [0.1, 0.15) is 0 Å². The highest BCUT2D eigenvalue weighted by atomic mass is 16.5. The van der Waals surface area contributed by atoms with Crippen LogP contribution in [0.3, 0.4) is 0 Å². The lowest BCUT2D eigenvalue weighted by molar-refractivity contribution is -0.139. The molecule has 0 spiro atoms. The van der Waals surface area contributed by atoms with Crippen molar-refractivity contribution in [2.75, 3.05) is 45.9 Å². The van der Waals surface area contributed by atoms with Gasteiger partial charge in [-0.3, -0.25) is 9.80 Å². The van der Waals surface area contributed by atoms with Crippen molar-refractivity contribution in [3.8, 4) is 0 Å². The van der Waals surface area contributed by atoms with Gasteiger partial charge in [0.2, 0.25) is 0 Å². The number of urea groups is 2. The number of hydrogen-bond donors (Lipinski definition) is 2. The maximum absolute atomic E-state index is 13.2. The molecule has 1 aromatic rings. The summed E-state index contributed by atoms with van der Waals surface area (Å²) >= 11 is 0. The first-order chi connectivity index (χ1) is 16.4. The molecular weight excluding hydrogens is 434 g/mol.